The lowest BCUT2D eigenvalue weighted by Crippen LogP contribution is -2.61. The average Bonchev–Trinajstić information content (AvgIpc) is 2.25. The number of piperidine rings is 1. The molecule has 2 aliphatic rings. The summed E-state index contributed by atoms with van der Waals surface area (Å²) >= 11 is 0. The van der Waals surface area contributed by atoms with Gasteiger partial charge in [-0.3, -0.25) is 4.79 Å². The van der Waals surface area contributed by atoms with Gasteiger partial charge in [-0.25, -0.2) is 4.79 Å². The van der Waals surface area contributed by atoms with Crippen LogP contribution in [0.15, 0.2) is 0 Å². The minimum absolute atomic E-state index is 0.0152. The van der Waals surface area contributed by atoms with Crippen LogP contribution in [0.4, 0.5) is 4.79 Å². The van der Waals surface area contributed by atoms with Gasteiger partial charge in [0.2, 0.25) is 5.91 Å². The lowest BCUT2D eigenvalue weighted by atomic mass is 10.0. The minimum Gasteiger partial charge on any atom is -0.444 e. The van der Waals surface area contributed by atoms with Crippen molar-refractivity contribution in [1.29, 1.82) is 0 Å². The van der Waals surface area contributed by atoms with Crippen LogP contribution in [-0.2, 0) is 14.3 Å². The third-order valence-electron chi connectivity index (χ3n) is 2.98. The quantitative estimate of drug-likeness (QED) is 0.685. The molecule has 2 amide bonds. The number of carbonyl (C=O) groups excluding carboxylic acids is 2. The number of nitrogens with one attached hydrogen (secondary N) is 1. The van der Waals surface area contributed by atoms with Gasteiger partial charge in [-0.1, -0.05) is 0 Å². The zero-order valence-corrected chi connectivity index (χ0v) is 11.1. The molecule has 0 unspecified atom stereocenters. The number of hydrogen-bond donors (Lipinski definition) is 1. The van der Waals surface area contributed by atoms with Crippen molar-refractivity contribution in [3.63, 3.8) is 0 Å². The summed E-state index contributed by atoms with van der Waals surface area (Å²) in [7, 11) is 0. The monoisotopic (exact) mass is 256 g/mol. The van der Waals surface area contributed by atoms with Crippen LogP contribution in [0.1, 0.15) is 27.2 Å². The minimum atomic E-state index is -0.500. The number of rotatable bonds is 0. The molecule has 0 spiro atoms. The Bertz CT molecular complexity index is 350. The van der Waals surface area contributed by atoms with Crippen molar-refractivity contribution in [2.45, 2.75) is 44.9 Å². The molecule has 0 saturated carbocycles. The Morgan fingerprint density at radius 3 is 2.89 bits per heavy atom. The second-order valence-corrected chi connectivity index (χ2v) is 5.74. The second-order valence-electron chi connectivity index (χ2n) is 5.74. The first kappa shape index (κ1) is 13.1. The Kier molecular flexibility index (Phi) is 3.47. The van der Waals surface area contributed by atoms with Gasteiger partial charge in [-0.15, -0.1) is 0 Å². The molecule has 2 rings (SSSR count). The maximum absolute atomic E-state index is 11.9. The summed E-state index contributed by atoms with van der Waals surface area (Å²) < 4.78 is 10.7. The maximum atomic E-state index is 11.9. The van der Waals surface area contributed by atoms with Gasteiger partial charge in [-0.05, 0) is 27.2 Å². The van der Waals surface area contributed by atoms with Gasteiger partial charge in [0.25, 0.3) is 0 Å². The van der Waals surface area contributed by atoms with E-state index < -0.39 is 5.60 Å². The van der Waals surface area contributed by atoms with Gasteiger partial charge in [0.05, 0.1) is 12.1 Å². The molecule has 0 radical (unpaired) electrons. The van der Waals surface area contributed by atoms with Crippen LogP contribution in [-0.4, -0.2) is 54.3 Å². The molecule has 1 N–H and O–H groups in total. The molecular formula is C12H20N2O4. The number of hydrogen-bond acceptors (Lipinski definition) is 4. The molecule has 2 heterocycles. The summed E-state index contributed by atoms with van der Waals surface area (Å²) in [5, 5.41) is 2.85. The smallest absolute Gasteiger partial charge is 0.410 e. The molecule has 2 fully saturated rings. The van der Waals surface area contributed by atoms with Crippen molar-refractivity contribution in [1.82, 2.24) is 10.2 Å². The van der Waals surface area contributed by atoms with E-state index in [0.29, 0.717) is 13.1 Å². The second kappa shape index (κ2) is 4.76. The number of carbonyl (C=O) groups is 2. The van der Waals surface area contributed by atoms with Crippen LogP contribution in [0.25, 0.3) is 0 Å². The summed E-state index contributed by atoms with van der Waals surface area (Å²) in [6, 6.07) is -0.118. The van der Waals surface area contributed by atoms with Crippen LogP contribution in [0.3, 0.4) is 0 Å². The van der Waals surface area contributed by atoms with Crippen LogP contribution in [0, 0.1) is 0 Å². The van der Waals surface area contributed by atoms with Gasteiger partial charge in [-0.2, -0.15) is 0 Å². The van der Waals surface area contributed by atoms with E-state index in [0.717, 1.165) is 6.42 Å². The van der Waals surface area contributed by atoms with Gasteiger partial charge in [0.15, 0.2) is 0 Å². The summed E-state index contributed by atoms with van der Waals surface area (Å²) in [4.78, 5) is 24.8. The molecule has 2 atom stereocenters. The van der Waals surface area contributed by atoms with Gasteiger partial charge in [0.1, 0.15) is 12.2 Å². The highest BCUT2D eigenvalue weighted by atomic mass is 16.6. The fourth-order valence-electron chi connectivity index (χ4n) is 2.19. The summed E-state index contributed by atoms with van der Waals surface area (Å²) in [5.41, 5.74) is -0.500. The Hall–Kier alpha value is -1.30. The van der Waals surface area contributed by atoms with Crippen LogP contribution < -0.4 is 5.32 Å². The van der Waals surface area contributed by atoms with E-state index >= 15 is 0 Å². The molecule has 0 aromatic rings. The van der Waals surface area contributed by atoms with Crippen molar-refractivity contribution in [3.8, 4) is 0 Å². The molecule has 18 heavy (non-hydrogen) atoms. The Labute approximate surface area is 107 Å². The molecule has 2 aliphatic heterocycles. The molecule has 102 valence electrons. The highest BCUT2D eigenvalue weighted by Gasteiger charge is 2.37. The molecule has 0 aromatic heterocycles. The van der Waals surface area contributed by atoms with Crippen molar-refractivity contribution >= 4 is 12.0 Å². The predicted molar refractivity (Wildman–Crippen MR) is 64.1 cm³/mol. The number of nitrogens with zero attached hydrogens (tertiary/aromatic N) is 1. The molecule has 0 aliphatic carbocycles. The van der Waals surface area contributed by atoms with Crippen LogP contribution in [0.5, 0.6) is 0 Å². The van der Waals surface area contributed by atoms with Crippen molar-refractivity contribution in [3.05, 3.63) is 0 Å². The number of fused-ring (bicyclic) bond motifs is 1. The highest BCUT2D eigenvalue weighted by molar-refractivity contribution is 5.78. The van der Waals surface area contributed by atoms with E-state index in [1.54, 1.807) is 4.90 Å². The van der Waals surface area contributed by atoms with E-state index in [2.05, 4.69) is 5.32 Å². The topological polar surface area (TPSA) is 67.9 Å². The molecule has 6 nitrogen and oxygen atoms in total. The number of likely N-dealkylation sites (tertiary alicyclic amines) is 1. The third-order valence-corrected chi connectivity index (χ3v) is 2.98. The Morgan fingerprint density at radius 2 is 2.22 bits per heavy atom. The van der Waals surface area contributed by atoms with Gasteiger partial charge < -0.3 is 19.7 Å². The molecular weight excluding hydrogens is 236 g/mol. The molecule has 0 aromatic carbocycles. The lowest BCUT2D eigenvalue weighted by molar-refractivity contribution is -0.140. The van der Waals surface area contributed by atoms with Crippen molar-refractivity contribution in [2.24, 2.45) is 0 Å². The highest BCUT2D eigenvalue weighted by Crippen LogP contribution is 2.19. The zero-order valence-electron chi connectivity index (χ0n) is 11.1. The largest absolute Gasteiger partial charge is 0.444 e. The van der Waals surface area contributed by atoms with Crippen molar-refractivity contribution in [2.75, 3.05) is 19.7 Å². The van der Waals surface area contributed by atoms with E-state index in [1.165, 1.54) is 0 Å². The Balaban J connectivity index is 1.93. The molecule has 2 saturated heterocycles. The summed E-state index contributed by atoms with van der Waals surface area (Å²) in [6.07, 6.45) is 0.409. The maximum Gasteiger partial charge on any atom is 0.410 e. The Morgan fingerprint density at radius 1 is 1.50 bits per heavy atom. The van der Waals surface area contributed by atoms with E-state index in [1.807, 2.05) is 20.8 Å². The van der Waals surface area contributed by atoms with E-state index in [-0.39, 0.29) is 30.8 Å². The first-order valence-corrected chi connectivity index (χ1v) is 6.24. The normalized spacial score (nSPS) is 28.4. The number of amides is 2. The van der Waals surface area contributed by atoms with Gasteiger partial charge >= 0.3 is 6.09 Å². The fraction of sp³-hybridized carbons (Fsp3) is 0.833. The summed E-state index contributed by atoms with van der Waals surface area (Å²) in [6.45, 7) is 6.68. The van der Waals surface area contributed by atoms with Crippen molar-refractivity contribution < 1.29 is 19.1 Å². The fourth-order valence-corrected chi connectivity index (χ4v) is 2.19. The van der Waals surface area contributed by atoms with Crippen LogP contribution >= 0.6 is 0 Å². The number of ether oxygens (including phenoxy) is 2. The third kappa shape index (κ3) is 3.13. The van der Waals surface area contributed by atoms with E-state index in [9.17, 15) is 9.59 Å². The lowest BCUT2D eigenvalue weighted by Gasteiger charge is -2.41. The number of morpholine rings is 1. The summed E-state index contributed by atoms with van der Waals surface area (Å²) in [5.74, 6) is -0.123. The zero-order chi connectivity index (χ0) is 13.3. The SMILES string of the molecule is CC(C)(C)OC(=O)N1CC[C@H]2OCC(=O)N[C@@H]2C1. The molecule has 6 heteroatoms. The standard InChI is InChI=1S/C12H20N2O4/c1-12(2,3)18-11(16)14-5-4-9-8(6-14)13-10(15)7-17-9/h8-9H,4-7H2,1-3H3,(H,13,15)/t8-,9-/m1/s1. The van der Waals surface area contributed by atoms with Crippen LogP contribution in [0.2, 0.25) is 0 Å². The first-order chi connectivity index (χ1) is 8.35. The average molecular weight is 256 g/mol. The van der Waals surface area contributed by atoms with Gasteiger partial charge in [0, 0.05) is 13.1 Å². The first-order valence-electron chi connectivity index (χ1n) is 6.24. The predicted octanol–water partition coefficient (Wildman–Crippen LogP) is 0.511. The van der Waals surface area contributed by atoms with E-state index in [4.69, 9.17) is 9.47 Å². The molecule has 0 bridgehead atoms.